The number of hydrogen-bond acceptors (Lipinski definition) is 7. The molecule has 1 N–H and O–H groups in total. The summed E-state index contributed by atoms with van der Waals surface area (Å²) in [5.74, 6) is -1.83. The molecule has 10 nitrogen and oxygen atoms in total. The molecule has 2 aliphatic heterocycles. The molecule has 1 saturated heterocycles. The van der Waals surface area contributed by atoms with Crippen molar-refractivity contribution in [1.82, 2.24) is 30.2 Å². The molecular weight excluding hydrogens is 457 g/mol. The summed E-state index contributed by atoms with van der Waals surface area (Å²) in [6.45, 7) is 0.235. The molecule has 0 bridgehead atoms. The number of benzene rings is 1. The van der Waals surface area contributed by atoms with Crippen LogP contribution in [0.5, 0.6) is 5.88 Å². The Labute approximate surface area is 189 Å². The number of nitrogens with zero attached hydrogens (tertiary/aromatic N) is 5. The van der Waals surface area contributed by atoms with Crippen LogP contribution < -0.4 is 10.1 Å². The molecule has 13 heteroatoms. The number of aromatic nitrogens is 4. The van der Waals surface area contributed by atoms with Gasteiger partial charge in [0.05, 0.1) is 17.6 Å². The van der Waals surface area contributed by atoms with Crippen molar-refractivity contribution in [3.63, 3.8) is 0 Å². The summed E-state index contributed by atoms with van der Waals surface area (Å²) < 4.78 is 42.6. The van der Waals surface area contributed by atoms with Crippen LogP contribution in [0.25, 0.3) is 17.1 Å². The first-order chi connectivity index (χ1) is 16.2. The standard InChI is InChI=1S/C21H15F3N6O4/c22-21(23,24)34-18-3-1-2-14(25-18)15-10-30(28-27-15)12-5-4-11-9-29(20(33)13(11)8-12)16-6-7-17(31)26-19(16)32/h1-5,8,10,16H,6-7,9H2,(H,26,31,32). The van der Waals surface area contributed by atoms with Gasteiger partial charge in [-0.3, -0.25) is 19.7 Å². The Bertz CT molecular complexity index is 1320. The van der Waals surface area contributed by atoms with E-state index in [0.29, 0.717) is 11.3 Å². The lowest BCUT2D eigenvalue weighted by Crippen LogP contribution is -2.52. The summed E-state index contributed by atoms with van der Waals surface area (Å²) >= 11 is 0. The Hall–Kier alpha value is -4.29. The van der Waals surface area contributed by atoms with Crippen LogP contribution in [-0.4, -0.2) is 55.0 Å². The number of halogens is 3. The Morgan fingerprint density at radius 1 is 1.09 bits per heavy atom. The van der Waals surface area contributed by atoms with E-state index < -0.39 is 24.2 Å². The van der Waals surface area contributed by atoms with Crippen molar-refractivity contribution in [3.05, 3.63) is 53.7 Å². The molecule has 174 valence electrons. The number of piperidine rings is 1. The minimum Gasteiger partial charge on any atom is -0.388 e. The van der Waals surface area contributed by atoms with Gasteiger partial charge in [0.1, 0.15) is 11.7 Å². The number of nitrogens with one attached hydrogen (secondary N) is 1. The summed E-state index contributed by atoms with van der Waals surface area (Å²) in [5.41, 5.74) is 1.91. The highest BCUT2D eigenvalue weighted by Crippen LogP contribution is 2.29. The third-order valence-electron chi connectivity index (χ3n) is 5.48. The molecule has 0 aliphatic carbocycles. The van der Waals surface area contributed by atoms with E-state index in [4.69, 9.17) is 0 Å². The fourth-order valence-corrected chi connectivity index (χ4v) is 3.93. The van der Waals surface area contributed by atoms with Crippen LogP contribution in [0, 0.1) is 0 Å². The molecule has 5 rings (SSSR count). The van der Waals surface area contributed by atoms with Gasteiger partial charge in [-0.2, -0.15) is 0 Å². The van der Waals surface area contributed by atoms with Crippen molar-refractivity contribution >= 4 is 17.7 Å². The van der Waals surface area contributed by atoms with E-state index in [1.807, 2.05) is 0 Å². The number of pyridine rings is 1. The van der Waals surface area contributed by atoms with Gasteiger partial charge in [0.15, 0.2) is 0 Å². The van der Waals surface area contributed by atoms with Crippen molar-refractivity contribution in [2.24, 2.45) is 0 Å². The van der Waals surface area contributed by atoms with Gasteiger partial charge in [0.2, 0.25) is 17.7 Å². The summed E-state index contributed by atoms with van der Waals surface area (Å²) in [6, 6.07) is 8.18. The second-order valence-corrected chi connectivity index (χ2v) is 7.70. The van der Waals surface area contributed by atoms with Crippen molar-refractivity contribution in [2.45, 2.75) is 31.8 Å². The number of hydrogen-bond donors (Lipinski definition) is 1. The maximum atomic E-state index is 13.0. The molecule has 0 radical (unpaired) electrons. The van der Waals surface area contributed by atoms with Crippen LogP contribution in [0.4, 0.5) is 13.2 Å². The highest BCUT2D eigenvalue weighted by atomic mass is 19.4. The van der Waals surface area contributed by atoms with Gasteiger partial charge >= 0.3 is 6.36 Å². The predicted molar refractivity (Wildman–Crippen MR) is 107 cm³/mol. The zero-order valence-electron chi connectivity index (χ0n) is 17.2. The third kappa shape index (κ3) is 4.07. The first kappa shape index (κ1) is 21.6. The molecule has 0 saturated carbocycles. The van der Waals surface area contributed by atoms with Gasteiger partial charge in [-0.15, -0.1) is 18.3 Å². The Balaban J connectivity index is 1.38. The fraction of sp³-hybridized carbons (Fsp3) is 0.238. The minimum atomic E-state index is -4.87. The number of ether oxygens (including phenoxy) is 1. The van der Waals surface area contributed by atoms with Gasteiger partial charge < -0.3 is 9.64 Å². The number of alkyl halides is 3. The summed E-state index contributed by atoms with van der Waals surface area (Å²) in [7, 11) is 0. The number of imide groups is 1. The molecule has 4 heterocycles. The molecule has 3 amide bonds. The molecule has 1 aromatic carbocycles. The lowest BCUT2D eigenvalue weighted by molar-refractivity contribution is -0.276. The lowest BCUT2D eigenvalue weighted by atomic mass is 10.0. The van der Waals surface area contributed by atoms with E-state index in [9.17, 15) is 27.6 Å². The van der Waals surface area contributed by atoms with Crippen LogP contribution in [0.1, 0.15) is 28.8 Å². The van der Waals surface area contributed by atoms with Crippen LogP contribution >= 0.6 is 0 Å². The van der Waals surface area contributed by atoms with Crippen molar-refractivity contribution in [3.8, 4) is 23.0 Å². The summed E-state index contributed by atoms with van der Waals surface area (Å²) in [4.78, 5) is 41.8. The van der Waals surface area contributed by atoms with Gasteiger partial charge in [0.25, 0.3) is 5.91 Å². The first-order valence-corrected chi connectivity index (χ1v) is 10.1. The van der Waals surface area contributed by atoms with Crippen LogP contribution in [0.15, 0.2) is 42.6 Å². The Morgan fingerprint density at radius 2 is 1.91 bits per heavy atom. The van der Waals surface area contributed by atoms with E-state index in [0.717, 1.165) is 11.6 Å². The van der Waals surface area contributed by atoms with Gasteiger partial charge in [-0.05, 0) is 30.2 Å². The van der Waals surface area contributed by atoms with E-state index in [1.165, 1.54) is 27.9 Å². The molecule has 1 atom stereocenters. The van der Waals surface area contributed by atoms with Crippen molar-refractivity contribution in [1.29, 1.82) is 0 Å². The van der Waals surface area contributed by atoms with Crippen LogP contribution in [0.3, 0.4) is 0 Å². The van der Waals surface area contributed by atoms with E-state index >= 15 is 0 Å². The fourth-order valence-electron chi connectivity index (χ4n) is 3.93. The monoisotopic (exact) mass is 472 g/mol. The first-order valence-electron chi connectivity index (χ1n) is 10.1. The summed E-state index contributed by atoms with van der Waals surface area (Å²) in [5, 5.41) is 10.2. The number of carbonyl (C=O) groups excluding carboxylic acids is 3. The van der Waals surface area contributed by atoms with Crippen molar-refractivity contribution in [2.75, 3.05) is 0 Å². The summed E-state index contributed by atoms with van der Waals surface area (Å²) in [6.07, 6.45) is -3.00. The SMILES string of the molecule is O=C1CCC(N2Cc3ccc(-n4cc(-c5cccc(OC(F)(F)F)n5)nn4)cc3C2=O)C(=O)N1. The maximum absolute atomic E-state index is 13.0. The number of rotatable bonds is 4. The Morgan fingerprint density at radius 3 is 2.68 bits per heavy atom. The molecule has 0 spiro atoms. The molecular formula is C21H15F3N6O4. The van der Waals surface area contributed by atoms with Gasteiger partial charge in [0, 0.05) is 24.6 Å². The molecule has 3 aromatic rings. The highest BCUT2D eigenvalue weighted by molar-refractivity contribution is 6.05. The smallest absolute Gasteiger partial charge is 0.388 e. The second kappa shape index (κ2) is 7.93. The van der Waals surface area contributed by atoms with Crippen molar-refractivity contribution < 1.29 is 32.3 Å². The van der Waals surface area contributed by atoms with E-state index in [-0.39, 0.29) is 42.6 Å². The number of carbonyl (C=O) groups is 3. The number of amides is 3. The predicted octanol–water partition coefficient (Wildman–Crippen LogP) is 1.99. The molecule has 34 heavy (non-hydrogen) atoms. The van der Waals surface area contributed by atoms with Crippen LogP contribution in [-0.2, 0) is 16.1 Å². The normalized spacial score (nSPS) is 18.1. The van der Waals surface area contributed by atoms with Gasteiger partial charge in [-0.25, -0.2) is 9.67 Å². The average molecular weight is 472 g/mol. The quantitative estimate of drug-likeness (QED) is 0.577. The Kier molecular flexibility index (Phi) is 5.03. The van der Waals surface area contributed by atoms with E-state index in [2.05, 4.69) is 25.3 Å². The zero-order chi connectivity index (χ0) is 24.0. The molecule has 1 fully saturated rings. The third-order valence-corrected chi connectivity index (χ3v) is 5.48. The van der Waals surface area contributed by atoms with Gasteiger partial charge in [-0.1, -0.05) is 17.3 Å². The minimum absolute atomic E-state index is 0.120. The maximum Gasteiger partial charge on any atom is 0.574 e. The second-order valence-electron chi connectivity index (χ2n) is 7.70. The molecule has 2 aromatic heterocycles. The topological polar surface area (TPSA) is 119 Å². The van der Waals surface area contributed by atoms with Crippen LogP contribution in [0.2, 0.25) is 0 Å². The largest absolute Gasteiger partial charge is 0.574 e. The lowest BCUT2D eigenvalue weighted by Gasteiger charge is -2.29. The van der Waals surface area contributed by atoms with E-state index in [1.54, 1.807) is 18.2 Å². The highest BCUT2D eigenvalue weighted by Gasteiger charge is 2.39. The molecule has 1 unspecified atom stereocenters. The molecule has 2 aliphatic rings. The number of fused-ring (bicyclic) bond motifs is 1. The zero-order valence-corrected chi connectivity index (χ0v) is 17.2. The average Bonchev–Trinajstić information content (AvgIpc) is 3.38.